The molecule has 0 radical (unpaired) electrons. The van der Waals surface area contributed by atoms with Crippen LogP contribution in [0.1, 0.15) is 67.2 Å². The summed E-state index contributed by atoms with van der Waals surface area (Å²) in [6.45, 7) is 3.88. The van der Waals surface area contributed by atoms with Gasteiger partial charge in [0.2, 0.25) is 0 Å². The number of alkyl halides is 1. The average molecular weight is 332 g/mol. The minimum absolute atomic E-state index is 0.0192. The van der Waals surface area contributed by atoms with E-state index in [1.54, 1.807) is 14.0 Å². The van der Waals surface area contributed by atoms with Crippen LogP contribution in [0.3, 0.4) is 0 Å². The number of aromatic nitrogens is 1. The van der Waals surface area contributed by atoms with E-state index in [2.05, 4.69) is 19.1 Å². The number of Topliss-reactive ketones (excluding diaryl/α,β-unsaturated/α-hetero) is 1. The van der Waals surface area contributed by atoms with Crippen LogP contribution in [0.4, 0.5) is 0 Å². The van der Waals surface area contributed by atoms with E-state index in [9.17, 15) is 4.79 Å². The van der Waals surface area contributed by atoms with E-state index < -0.39 is 4.87 Å². The number of methoxy groups -OCH3 is 1. The molecule has 23 heavy (non-hydrogen) atoms. The first-order chi connectivity index (χ1) is 10.9. The lowest BCUT2D eigenvalue weighted by Gasteiger charge is -2.31. The number of allylic oxidation sites excluding steroid dienone is 4. The number of hydrogen-bond acceptors (Lipinski definition) is 3. The summed E-state index contributed by atoms with van der Waals surface area (Å²) in [5.74, 6) is 1.13. The second-order valence-electron chi connectivity index (χ2n) is 6.63. The van der Waals surface area contributed by atoms with E-state index in [1.165, 1.54) is 0 Å². The highest BCUT2D eigenvalue weighted by Crippen LogP contribution is 2.40. The van der Waals surface area contributed by atoms with Gasteiger partial charge in [-0.05, 0) is 50.0 Å². The second-order valence-corrected chi connectivity index (χ2v) is 7.46. The molecule has 0 bridgehead atoms. The maximum Gasteiger partial charge on any atom is 0.185 e. The molecule has 2 unspecified atom stereocenters. The molecule has 0 aromatic carbocycles. The van der Waals surface area contributed by atoms with Gasteiger partial charge in [-0.3, -0.25) is 9.78 Å². The molecule has 3 nitrogen and oxygen atoms in total. The molecule has 4 heteroatoms. The highest BCUT2D eigenvalue weighted by molar-refractivity contribution is 6.38. The zero-order chi connectivity index (χ0) is 16.6. The summed E-state index contributed by atoms with van der Waals surface area (Å²) in [4.78, 5) is 16.5. The Bertz CT molecular complexity index is 703. The highest BCUT2D eigenvalue weighted by Gasteiger charge is 2.40. The van der Waals surface area contributed by atoms with Crippen molar-refractivity contribution >= 4 is 23.0 Å². The molecule has 2 aliphatic rings. The van der Waals surface area contributed by atoms with Crippen LogP contribution < -0.4 is 0 Å². The molecule has 0 aliphatic heterocycles. The van der Waals surface area contributed by atoms with Crippen molar-refractivity contribution in [1.29, 1.82) is 0 Å². The fourth-order valence-corrected chi connectivity index (χ4v) is 3.76. The minimum atomic E-state index is -0.819. The van der Waals surface area contributed by atoms with Gasteiger partial charge in [-0.15, -0.1) is 11.6 Å². The van der Waals surface area contributed by atoms with E-state index in [4.69, 9.17) is 21.3 Å². The van der Waals surface area contributed by atoms with Crippen LogP contribution in [0.5, 0.6) is 0 Å². The number of nitrogens with zero attached hydrogens (tertiary/aromatic N) is 1. The van der Waals surface area contributed by atoms with E-state index in [1.807, 2.05) is 12.1 Å². The standard InChI is InChI=1S/C19H22ClNO2/c1-12-11-19(2,20)18(22)15-8-9-16(21-17(12)15)13-6-4-5-7-14(10-13)23-3/h6,8-10,12H,4-5,7,11H2,1-3H3. The van der Waals surface area contributed by atoms with Gasteiger partial charge in [0, 0.05) is 17.9 Å². The Morgan fingerprint density at radius 3 is 2.91 bits per heavy atom. The van der Waals surface area contributed by atoms with Gasteiger partial charge in [0.1, 0.15) is 4.87 Å². The Kier molecular flexibility index (Phi) is 4.33. The first-order valence-electron chi connectivity index (χ1n) is 8.12. The van der Waals surface area contributed by atoms with Crippen molar-refractivity contribution < 1.29 is 9.53 Å². The molecule has 0 fully saturated rings. The van der Waals surface area contributed by atoms with Gasteiger partial charge < -0.3 is 4.74 Å². The highest BCUT2D eigenvalue weighted by atomic mass is 35.5. The molecule has 2 atom stereocenters. The Hall–Kier alpha value is -1.61. The summed E-state index contributed by atoms with van der Waals surface area (Å²) in [6.07, 6.45) is 7.90. The molecular formula is C19H22ClNO2. The third-order valence-electron chi connectivity index (χ3n) is 4.67. The van der Waals surface area contributed by atoms with Crippen LogP contribution in [0.25, 0.3) is 5.57 Å². The predicted molar refractivity (Wildman–Crippen MR) is 92.8 cm³/mol. The number of pyridine rings is 1. The van der Waals surface area contributed by atoms with Gasteiger partial charge in [0.25, 0.3) is 0 Å². The Morgan fingerprint density at radius 2 is 2.17 bits per heavy atom. The van der Waals surface area contributed by atoms with E-state index >= 15 is 0 Å². The topological polar surface area (TPSA) is 39.2 Å². The number of halogens is 1. The SMILES string of the molecule is COC1=CC(c2ccc3c(n2)C(C)CC(C)(Cl)C3=O)=CCCC1. The van der Waals surface area contributed by atoms with Crippen LogP contribution in [-0.4, -0.2) is 22.8 Å². The van der Waals surface area contributed by atoms with Gasteiger partial charge in [-0.1, -0.05) is 13.0 Å². The molecule has 122 valence electrons. The molecule has 0 saturated carbocycles. The number of rotatable bonds is 2. The quantitative estimate of drug-likeness (QED) is 0.726. The average Bonchev–Trinajstić information content (AvgIpc) is 2.77. The van der Waals surface area contributed by atoms with Gasteiger partial charge in [0.05, 0.1) is 24.3 Å². The van der Waals surface area contributed by atoms with Crippen LogP contribution in [0, 0.1) is 0 Å². The van der Waals surface area contributed by atoms with Crippen LogP contribution in [0.2, 0.25) is 0 Å². The molecule has 1 aromatic rings. The molecule has 2 aliphatic carbocycles. The van der Waals surface area contributed by atoms with Crippen molar-refractivity contribution in [3.8, 4) is 0 Å². The van der Waals surface area contributed by atoms with Gasteiger partial charge in [-0.2, -0.15) is 0 Å². The van der Waals surface area contributed by atoms with E-state index in [-0.39, 0.29) is 11.7 Å². The van der Waals surface area contributed by atoms with E-state index in [0.717, 1.165) is 42.0 Å². The summed E-state index contributed by atoms with van der Waals surface area (Å²) in [5, 5.41) is 0. The number of ether oxygens (including phenoxy) is 1. The van der Waals surface area contributed by atoms with Crippen molar-refractivity contribution in [1.82, 2.24) is 4.98 Å². The summed E-state index contributed by atoms with van der Waals surface area (Å²) in [5.41, 5.74) is 3.50. The molecule has 0 spiro atoms. The third kappa shape index (κ3) is 3.07. The maximum atomic E-state index is 12.5. The third-order valence-corrected chi connectivity index (χ3v) is 4.99. The van der Waals surface area contributed by atoms with E-state index in [0.29, 0.717) is 12.0 Å². The summed E-state index contributed by atoms with van der Waals surface area (Å²) in [6, 6.07) is 3.80. The molecule has 3 rings (SSSR count). The van der Waals surface area contributed by atoms with Gasteiger partial charge >= 0.3 is 0 Å². The molecule has 0 amide bonds. The molecular weight excluding hydrogens is 310 g/mol. The number of ketones is 1. The molecule has 1 aromatic heterocycles. The first-order valence-corrected chi connectivity index (χ1v) is 8.50. The van der Waals surface area contributed by atoms with Crippen molar-refractivity contribution in [2.24, 2.45) is 0 Å². The molecule has 0 N–H and O–H groups in total. The summed E-state index contributed by atoms with van der Waals surface area (Å²) >= 11 is 6.38. The Balaban J connectivity index is 2.03. The number of fused-ring (bicyclic) bond motifs is 1. The van der Waals surface area contributed by atoms with Crippen LogP contribution in [-0.2, 0) is 4.74 Å². The predicted octanol–water partition coefficient (Wildman–Crippen LogP) is 4.87. The number of hydrogen-bond donors (Lipinski definition) is 0. The molecule has 0 saturated heterocycles. The normalized spacial score (nSPS) is 27.7. The van der Waals surface area contributed by atoms with Crippen LogP contribution >= 0.6 is 11.6 Å². The number of carbonyl (C=O) groups is 1. The lowest BCUT2D eigenvalue weighted by Crippen LogP contribution is -2.36. The molecule has 1 heterocycles. The first kappa shape index (κ1) is 16.3. The Labute approximate surface area is 142 Å². The lowest BCUT2D eigenvalue weighted by atomic mass is 9.79. The van der Waals surface area contributed by atoms with Gasteiger partial charge in [-0.25, -0.2) is 0 Å². The zero-order valence-corrected chi connectivity index (χ0v) is 14.6. The fraction of sp³-hybridized carbons (Fsp3) is 0.474. The largest absolute Gasteiger partial charge is 0.501 e. The fourth-order valence-electron chi connectivity index (χ4n) is 3.43. The summed E-state index contributed by atoms with van der Waals surface area (Å²) in [7, 11) is 1.71. The second kappa shape index (κ2) is 6.12. The summed E-state index contributed by atoms with van der Waals surface area (Å²) < 4.78 is 5.42. The Morgan fingerprint density at radius 1 is 1.39 bits per heavy atom. The van der Waals surface area contributed by atoms with Crippen molar-refractivity contribution in [2.75, 3.05) is 7.11 Å². The van der Waals surface area contributed by atoms with Crippen molar-refractivity contribution in [3.05, 3.63) is 47.0 Å². The maximum absolute atomic E-state index is 12.5. The minimum Gasteiger partial charge on any atom is -0.501 e. The lowest BCUT2D eigenvalue weighted by molar-refractivity contribution is 0.0924. The van der Waals surface area contributed by atoms with Crippen molar-refractivity contribution in [2.45, 2.75) is 50.3 Å². The smallest absolute Gasteiger partial charge is 0.185 e. The van der Waals surface area contributed by atoms with Gasteiger partial charge in [0.15, 0.2) is 5.78 Å². The number of carbonyl (C=O) groups excluding carboxylic acids is 1. The van der Waals surface area contributed by atoms with Crippen LogP contribution in [0.15, 0.2) is 30.0 Å². The zero-order valence-electron chi connectivity index (χ0n) is 13.9. The monoisotopic (exact) mass is 331 g/mol. The van der Waals surface area contributed by atoms with Crippen molar-refractivity contribution in [3.63, 3.8) is 0 Å².